The van der Waals surface area contributed by atoms with Crippen LogP contribution in [0.25, 0.3) is 0 Å². The van der Waals surface area contributed by atoms with E-state index >= 15 is 0 Å². The van der Waals surface area contributed by atoms with Crippen LogP contribution in [0.2, 0.25) is 5.02 Å². The molecule has 1 aliphatic heterocycles. The van der Waals surface area contributed by atoms with E-state index in [1.54, 1.807) is 11.8 Å². The van der Waals surface area contributed by atoms with E-state index in [2.05, 4.69) is 12.2 Å². The van der Waals surface area contributed by atoms with Crippen LogP contribution in [0.15, 0.2) is 24.3 Å². The smallest absolute Gasteiger partial charge is 0.321 e. The van der Waals surface area contributed by atoms with Gasteiger partial charge in [-0.1, -0.05) is 49.6 Å². The number of thioether (sulfide) groups is 1. The number of rotatable bonds is 5. The van der Waals surface area contributed by atoms with Gasteiger partial charge < -0.3 is 5.11 Å². The Balaban J connectivity index is 2.31. The largest absolute Gasteiger partial charge is 0.480 e. The Labute approximate surface area is 122 Å². The fourth-order valence-corrected chi connectivity index (χ4v) is 4.25. The fourth-order valence-electron chi connectivity index (χ4n) is 2.37. The quantitative estimate of drug-likeness (QED) is 0.874. The third kappa shape index (κ3) is 3.07. The molecule has 0 amide bonds. The van der Waals surface area contributed by atoms with Crippen LogP contribution in [0.5, 0.6) is 0 Å². The molecule has 2 atom stereocenters. The number of carboxylic acid groups (broad SMARTS) is 1. The van der Waals surface area contributed by atoms with Gasteiger partial charge in [-0.3, -0.25) is 10.1 Å². The topological polar surface area (TPSA) is 49.3 Å². The van der Waals surface area contributed by atoms with E-state index in [1.165, 1.54) is 0 Å². The Kier molecular flexibility index (Phi) is 4.76. The van der Waals surface area contributed by atoms with Crippen molar-refractivity contribution in [3.8, 4) is 0 Å². The molecule has 1 saturated heterocycles. The van der Waals surface area contributed by atoms with Crippen molar-refractivity contribution < 1.29 is 9.90 Å². The van der Waals surface area contributed by atoms with Gasteiger partial charge >= 0.3 is 5.97 Å². The van der Waals surface area contributed by atoms with E-state index in [0.29, 0.717) is 10.8 Å². The lowest BCUT2D eigenvalue weighted by Crippen LogP contribution is -2.43. The maximum Gasteiger partial charge on any atom is 0.321 e. The lowest BCUT2D eigenvalue weighted by atomic mass is 9.99. The molecule has 2 rings (SSSR count). The lowest BCUT2D eigenvalue weighted by molar-refractivity contribution is -0.138. The van der Waals surface area contributed by atoms with E-state index in [0.717, 1.165) is 24.8 Å². The zero-order chi connectivity index (χ0) is 13.9. The second kappa shape index (κ2) is 6.16. The van der Waals surface area contributed by atoms with Crippen molar-refractivity contribution in [3.63, 3.8) is 0 Å². The van der Waals surface area contributed by atoms with Crippen molar-refractivity contribution in [1.82, 2.24) is 5.32 Å². The zero-order valence-corrected chi connectivity index (χ0v) is 12.4. The zero-order valence-electron chi connectivity index (χ0n) is 10.9. The summed E-state index contributed by atoms with van der Waals surface area (Å²) in [4.78, 5) is 10.8. The van der Waals surface area contributed by atoms with Crippen molar-refractivity contribution in [1.29, 1.82) is 0 Å². The second-order valence-corrected chi connectivity index (χ2v) is 6.48. The highest BCUT2D eigenvalue weighted by molar-refractivity contribution is 8.00. The first kappa shape index (κ1) is 14.7. The maximum atomic E-state index is 11.2. The van der Waals surface area contributed by atoms with Crippen LogP contribution in [-0.4, -0.2) is 22.9 Å². The maximum absolute atomic E-state index is 11.2. The first-order valence-electron chi connectivity index (χ1n) is 6.48. The van der Waals surface area contributed by atoms with Gasteiger partial charge in [0.15, 0.2) is 0 Å². The second-order valence-electron chi connectivity index (χ2n) is 4.76. The SMILES string of the molecule is CCCCC1(c2ccccc2Cl)NC(C(=O)O)CS1. The molecule has 3 nitrogen and oxygen atoms in total. The first-order valence-corrected chi connectivity index (χ1v) is 7.85. The summed E-state index contributed by atoms with van der Waals surface area (Å²) < 4.78 is 0. The molecule has 5 heteroatoms. The first-order chi connectivity index (χ1) is 9.09. The van der Waals surface area contributed by atoms with E-state index < -0.39 is 12.0 Å². The minimum absolute atomic E-state index is 0.364. The molecular weight excluding hydrogens is 282 g/mol. The molecule has 1 aliphatic rings. The number of unbranched alkanes of at least 4 members (excludes halogenated alkanes) is 1. The predicted octanol–water partition coefficient (Wildman–Crippen LogP) is 3.47. The summed E-state index contributed by atoms with van der Waals surface area (Å²) in [6.07, 6.45) is 3.01. The number of hydrogen-bond donors (Lipinski definition) is 2. The van der Waals surface area contributed by atoms with E-state index in [9.17, 15) is 9.90 Å². The molecule has 0 saturated carbocycles. The van der Waals surface area contributed by atoms with Crippen molar-refractivity contribution in [2.24, 2.45) is 0 Å². The molecule has 0 spiro atoms. The molecule has 1 aromatic carbocycles. The molecule has 0 bridgehead atoms. The van der Waals surface area contributed by atoms with Crippen molar-refractivity contribution in [3.05, 3.63) is 34.9 Å². The Bertz CT molecular complexity index is 469. The molecule has 2 N–H and O–H groups in total. The standard InChI is InChI=1S/C14H18ClNO2S/c1-2-3-8-14(10-6-4-5-7-11(10)15)16-12(9-19-14)13(17)18/h4-7,12,16H,2-3,8-9H2,1H3,(H,17,18). The molecule has 1 fully saturated rings. The van der Waals surface area contributed by atoms with Crippen molar-refractivity contribution in [2.75, 3.05) is 5.75 Å². The molecule has 104 valence electrons. The van der Waals surface area contributed by atoms with Crippen LogP contribution in [0.4, 0.5) is 0 Å². The Morgan fingerprint density at radius 2 is 2.32 bits per heavy atom. The number of benzene rings is 1. The number of hydrogen-bond acceptors (Lipinski definition) is 3. The molecule has 0 radical (unpaired) electrons. The third-order valence-electron chi connectivity index (χ3n) is 3.39. The summed E-state index contributed by atoms with van der Waals surface area (Å²) in [5.41, 5.74) is 0.999. The highest BCUT2D eigenvalue weighted by Crippen LogP contribution is 2.46. The van der Waals surface area contributed by atoms with Crippen LogP contribution >= 0.6 is 23.4 Å². The minimum atomic E-state index is -0.794. The summed E-state index contributed by atoms with van der Waals surface area (Å²) in [6, 6.07) is 7.19. The monoisotopic (exact) mass is 299 g/mol. The highest BCUT2D eigenvalue weighted by Gasteiger charge is 2.43. The Hall–Kier alpha value is -0.710. The summed E-state index contributed by atoms with van der Waals surface area (Å²) in [6.45, 7) is 2.13. The van der Waals surface area contributed by atoms with Gasteiger partial charge in [0.1, 0.15) is 6.04 Å². The average Bonchev–Trinajstić information content (AvgIpc) is 2.83. The molecular formula is C14H18ClNO2S. The van der Waals surface area contributed by atoms with Gasteiger partial charge in [-0.15, -0.1) is 11.8 Å². The van der Waals surface area contributed by atoms with Crippen LogP contribution in [0.1, 0.15) is 31.7 Å². The van der Waals surface area contributed by atoms with Crippen LogP contribution in [0.3, 0.4) is 0 Å². The third-order valence-corrected chi connectivity index (χ3v) is 5.26. The van der Waals surface area contributed by atoms with Gasteiger partial charge in [0.25, 0.3) is 0 Å². The molecule has 19 heavy (non-hydrogen) atoms. The Morgan fingerprint density at radius 3 is 2.89 bits per heavy atom. The summed E-state index contributed by atoms with van der Waals surface area (Å²) in [5, 5.41) is 13.2. The number of nitrogens with one attached hydrogen (secondary N) is 1. The Morgan fingerprint density at radius 1 is 1.58 bits per heavy atom. The molecule has 1 heterocycles. The van der Waals surface area contributed by atoms with Gasteiger partial charge in [0.2, 0.25) is 0 Å². The average molecular weight is 300 g/mol. The molecule has 2 unspecified atom stereocenters. The summed E-state index contributed by atoms with van der Waals surface area (Å²) in [7, 11) is 0. The predicted molar refractivity (Wildman–Crippen MR) is 79.7 cm³/mol. The summed E-state index contributed by atoms with van der Waals surface area (Å²) in [5.74, 6) is -0.220. The molecule has 0 aliphatic carbocycles. The van der Waals surface area contributed by atoms with Crippen LogP contribution in [-0.2, 0) is 9.67 Å². The van der Waals surface area contributed by atoms with Gasteiger partial charge in [0, 0.05) is 16.3 Å². The molecule has 1 aromatic rings. The fraction of sp³-hybridized carbons (Fsp3) is 0.500. The van der Waals surface area contributed by atoms with Crippen LogP contribution < -0.4 is 5.32 Å². The number of carbonyl (C=O) groups is 1. The highest BCUT2D eigenvalue weighted by atomic mass is 35.5. The van der Waals surface area contributed by atoms with E-state index in [1.807, 2.05) is 24.3 Å². The number of halogens is 1. The lowest BCUT2D eigenvalue weighted by Gasteiger charge is -2.30. The minimum Gasteiger partial charge on any atom is -0.480 e. The number of carboxylic acids is 1. The number of aliphatic carboxylic acids is 1. The molecule has 0 aromatic heterocycles. The van der Waals surface area contributed by atoms with Crippen molar-refractivity contribution >= 4 is 29.3 Å². The van der Waals surface area contributed by atoms with E-state index in [4.69, 9.17) is 11.6 Å². The van der Waals surface area contributed by atoms with Gasteiger partial charge in [-0.25, -0.2) is 0 Å². The van der Waals surface area contributed by atoms with Crippen LogP contribution in [0, 0.1) is 0 Å². The van der Waals surface area contributed by atoms with E-state index in [-0.39, 0.29) is 4.87 Å². The normalized spacial score (nSPS) is 26.5. The van der Waals surface area contributed by atoms with Gasteiger partial charge in [-0.2, -0.15) is 0 Å². The van der Waals surface area contributed by atoms with Crippen molar-refractivity contribution in [2.45, 2.75) is 37.1 Å². The van der Waals surface area contributed by atoms with Gasteiger partial charge in [-0.05, 0) is 12.5 Å². The summed E-state index contributed by atoms with van der Waals surface area (Å²) >= 11 is 7.96. The van der Waals surface area contributed by atoms with Gasteiger partial charge in [0.05, 0.1) is 4.87 Å².